The molecule has 1 fully saturated rings. The molecule has 6 nitrogen and oxygen atoms in total. The first-order valence-corrected chi connectivity index (χ1v) is 8.09. The van der Waals surface area contributed by atoms with E-state index in [-0.39, 0.29) is 17.9 Å². The molecule has 2 heterocycles. The van der Waals surface area contributed by atoms with Crippen molar-refractivity contribution in [1.29, 1.82) is 0 Å². The molecule has 0 bridgehead atoms. The van der Waals surface area contributed by atoms with Crippen LogP contribution in [0.2, 0.25) is 0 Å². The Morgan fingerprint density at radius 1 is 1.39 bits per heavy atom. The van der Waals surface area contributed by atoms with Crippen molar-refractivity contribution >= 4 is 5.91 Å². The molecular weight excluding hydrogens is 292 g/mol. The molecule has 120 valence electrons. The molecule has 1 N–H and O–H groups in total. The smallest absolute Gasteiger partial charge is 0.230 e. The van der Waals surface area contributed by atoms with Crippen molar-refractivity contribution in [2.75, 3.05) is 19.7 Å². The summed E-state index contributed by atoms with van der Waals surface area (Å²) in [6.07, 6.45) is 1.65. The van der Waals surface area contributed by atoms with Crippen molar-refractivity contribution in [2.24, 2.45) is 0 Å². The van der Waals surface area contributed by atoms with Gasteiger partial charge in [0.05, 0.1) is 19.1 Å². The standard InChI is InChI=1S/C17H20N4O2/c1-11-18-16(20-19-11)15-10-21(8-9-23-15)17(22)14-7-6-12-4-2-3-5-13(12)14/h2-5,14-15H,6-10H2,1H3,(H,18,19,20)/t14-,15+/m0/s1. The van der Waals surface area contributed by atoms with Gasteiger partial charge in [0.15, 0.2) is 5.82 Å². The molecule has 1 aliphatic carbocycles. The third-order valence-corrected chi connectivity index (χ3v) is 4.71. The third-order valence-electron chi connectivity index (χ3n) is 4.71. The molecule has 0 unspecified atom stereocenters. The maximum Gasteiger partial charge on any atom is 0.230 e. The zero-order valence-corrected chi connectivity index (χ0v) is 13.2. The van der Waals surface area contributed by atoms with Crippen LogP contribution < -0.4 is 0 Å². The Balaban J connectivity index is 1.51. The van der Waals surface area contributed by atoms with Gasteiger partial charge in [0.25, 0.3) is 0 Å². The lowest BCUT2D eigenvalue weighted by Crippen LogP contribution is -2.44. The van der Waals surface area contributed by atoms with Crippen LogP contribution in [0.1, 0.15) is 41.2 Å². The summed E-state index contributed by atoms with van der Waals surface area (Å²) in [5.41, 5.74) is 2.49. The van der Waals surface area contributed by atoms with Gasteiger partial charge in [-0.2, -0.15) is 5.10 Å². The molecule has 0 saturated carbocycles. The average Bonchev–Trinajstić information content (AvgIpc) is 3.20. The van der Waals surface area contributed by atoms with Crippen molar-refractivity contribution in [3.63, 3.8) is 0 Å². The predicted molar refractivity (Wildman–Crippen MR) is 83.9 cm³/mol. The molecule has 1 amide bonds. The number of aryl methyl sites for hydroxylation is 2. The van der Waals surface area contributed by atoms with Gasteiger partial charge in [0.2, 0.25) is 5.91 Å². The van der Waals surface area contributed by atoms with Crippen LogP contribution in [0.4, 0.5) is 0 Å². The lowest BCUT2D eigenvalue weighted by molar-refractivity contribution is -0.140. The van der Waals surface area contributed by atoms with Gasteiger partial charge in [0, 0.05) is 6.54 Å². The summed E-state index contributed by atoms with van der Waals surface area (Å²) in [6, 6.07) is 8.27. The number of hydrogen-bond donors (Lipinski definition) is 1. The number of nitrogens with zero attached hydrogens (tertiary/aromatic N) is 3. The summed E-state index contributed by atoms with van der Waals surface area (Å²) in [7, 11) is 0. The van der Waals surface area contributed by atoms with Crippen LogP contribution in [0.15, 0.2) is 24.3 Å². The number of fused-ring (bicyclic) bond motifs is 1. The number of H-pyrrole nitrogens is 1. The zero-order chi connectivity index (χ0) is 15.8. The third kappa shape index (κ3) is 2.63. The van der Waals surface area contributed by atoms with E-state index in [1.165, 1.54) is 11.1 Å². The van der Waals surface area contributed by atoms with Crippen molar-refractivity contribution in [3.8, 4) is 0 Å². The number of carbonyl (C=O) groups excluding carboxylic acids is 1. The first-order chi connectivity index (χ1) is 11.2. The maximum atomic E-state index is 13.0. The highest BCUT2D eigenvalue weighted by molar-refractivity contribution is 5.85. The van der Waals surface area contributed by atoms with E-state index in [1.54, 1.807) is 0 Å². The maximum absolute atomic E-state index is 13.0. The lowest BCUT2D eigenvalue weighted by atomic mass is 9.99. The minimum Gasteiger partial charge on any atom is -0.366 e. The zero-order valence-electron chi connectivity index (χ0n) is 13.2. The second-order valence-corrected chi connectivity index (χ2v) is 6.21. The summed E-state index contributed by atoms with van der Waals surface area (Å²) >= 11 is 0. The number of aromatic amines is 1. The highest BCUT2D eigenvalue weighted by Crippen LogP contribution is 2.35. The molecule has 1 aromatic heterocycles. The van der Waals surface area contributed by atoms with Crippen LogP contribution >= 0.6 is 0 Å². The van der Waals surface area contributed by atoms with E-state index < -0.39 is 0 Å². The number of nitrogens with one attached hydrogen (secondary N) is 1. The summed E-state index contributed by atoms with van der Waals surface area (Å²) in [6.45, 7) is 3.54. The molecule has 0 radical (unpaired) electrons. The second kappa shape index (κ2) is 5.77. The molecular formula is C17H20N4O2. The van der Waals surface area contributed by atoms with E-state index in [4.69, 9.17) is 4.74 Å². The molecule has 1 aromatic carbocycles. The number of hydrogen-bond acceptors (Lipinski definition) is 4. The summed E-state index contributed by atoms with van der Waals surface area (Å²) in [5.74, 6) is 1.58. The van der Waals surface area contributed by atoms with Crippen LogP contribution in [0.5, 0.6) is 0 Å². The monoisotopic (exact) mass is 312 g/mol. The summed E-state index contributed by atoms with van der Waals surface area (Å²) in [5, 5.41) is 7.00. The van der Waals surface area contributed by atoms with Crippen LogP contribution in [0, 0.1) is 6.92 Å². The molecule has 2 aromatic rings. The minimum atomic E-state index is -0.241. The van der Waals surface area contributed by atoms with Crippen molar-refractivity contribution in [1.82, 2.24) is 20.1 Å². The molecule has 4 rings (SSSR count). The van der Waals surface area contributed by atoms with E-state index in [0.717, 1.165) is 18.7 Å². The summed E-state index contributed by atoms with van der Waals surface area (Å²) in [4.78, 5) is 19.2. The van der Waals surface area contributed by atoms with Crippen molar-refractivity contribution in [3.05, 3.63) is 47.0 Å². The fourth-order valence-electron chi connectivity index (χ4n) is 3.54. The highest BCUT2D eigenvalue weighted by atomic mass is 16.5. The number of ether oxygens (including phenoxy) is 1. The molecule has 6 heteroatoms. The van der Waals surface area contributed by atoms with Gasteiger partial charge >= 0.3 is 0 Å². The van der Waals surface area contributed by atoms with E-state index in [2.05, 4.69) is 27.3 Å². The van der Waals surface area contributed by atoms with Crippen LogP contribution in [0.25, 0.3) is 0 Å². The molecule has 2 aliphatic rings. The molecule has 0 spiro atoms. The number of amides is 1. The average molecular weight is 312 g/mol. The van der Waals surface area contributed by atoms with Gasteiger partial charge in [-0.1, -0.05) is 24.3 Å². The van der Waals surface area contributed by atoms with Gasteiger partial charge in [-0.15, -0.1) is 0 Å². The van der Waals surface area contributed by atoms with Crippen molar-refractivity contribution in [2.45, 2.75) is 31.8 Å². The molecule has 2 atom stereocenters. The Kier molecular flexibility index (Phi) is 3.61. The quantitative estimate of drug-likeness (QED) is 0.917. The minimum absolute atomic E-state index is 0.0150. The Bertz CT molecular complexity index is 727. The fourth-order valence-corrected chi connectivity index (χ4v) is 3.54. The predicted octanol–water partition coefficient (Wildman–Crippen LogP) is 1.74. The normalized spacial score (nSPS) is 23.8. The highest BCUT2D eigenvalue weighted by Gasteiger charge is 2.35. The van der Waals surface area contributed by atoms with Gasteiger partial charge in [-0.3, -0.25) is 9.89 Å². The Morgan fingerprint density at radius 2 is 2.26 bits per heavy atom. The Labute approximate surface area is 134 Å². The van der Waals surface area contributed by atoms with E-state index in [1.807, 2.05) is 24.0 Å². The fraction of sp³-hybridized carbons (Fsp3) is 0.471. The van der Waals surface area contributed by atoms with Crippen molar-refractivity contribution < 1.29 is 9.53 Å². The van der Waals surface area contributed by atoms with E-state index in [0.29, 0.717) is 25.5 Å². The van der Waals surface area contributed by atoms with Gasteiger partial charge in [-0.25, -0.2) is 4.98 Å². The van der Waals surface area contributed by atoms with E-state index in [9.17, 15) is 4.79 Å². The van der Waals surface area contributed by atoms with Crippen LogP contribution in [-0.2, 0) is 16.0 Å². The number of morpholine rings is 1. The molecule has 1 saturated heterocycles. The largest absolute Gasteiger partial charge is 0.366 e. The number of aromatic nitrogens is 3. The first kappa shape index (κ1) is 14.4. The molecule has 1 aliphatic heterocycles. The number of carbonyl (C=O) groups is 1. The lowest BCUT2D eigenvalue weighted by Gasteiger charge is -2.33. The Morgan fingerprint density at radius 3 is 3.09 bits per heavy atom. The van der Waals surface area contributed by atoms with E-state index >= 15 is 0 Å². The first-order valence-electron chi connectivity index (χ1n) is 8.09. The Hall–Kier alpha value is -2.21. The second-order valence-electron chi connectivity index (χ2n) is 6.21. The van der Waals surface area contributed by atoms with Gasteiger partial charge < -0.3 is 9.64 Å². The van der Waals surface area contributed by atoms with Gasteiger partial charge in [-0.05, 0) is 30.9 Å². The summed E-state index contributed by atoms with van der Waals surface area (Å²) < 4.78 is 5.75. The SMILES string of the molecule is Cc1nc([C@H]2CN(C(=O)[C@H]3CCc4ccccc43)CCO2)n[nH]1. The van der Waals surface area contributed by atoms with Crippen LogP contribution in [0.3, 0.4) is 0 Å². The number of benzene rings is 1. The number of rotatable bonds is 2. The van der Waals surface area contributed by atoms with Crippen LogP contribution in [-0.4, -0.2) is 45.7 Å². The van der Waals surface area contributed by atoms with Gasteiger partial charge in [0.1, 0.15) is 11.9 Å². The molecule has 23 heavy (non-hydrogen) atoms. The topological polar surface area (TPSA) is 71.1 Å².